The van der Waals surface area contributed by atoms with Crippen molar-refractivity contribution in [2.45, 2.75) is 180 Å². The Morgan fingerprint density at radius 1 is 0.943 bits per heavy atom. The van der Waals surface area contributed by atoms with Crippen LogP contribution in [0.3, 0.4) is 0 Å². The van der Waals surface area contributed by atoms with Crippen molar-refractivity contribution < 1.29 is 57.6 Å². The van der Waals surface area contributed by atoms with E-state index < -0.39 is 71.7 Å². The van der Waals surface area contributed by atoms with E-state index in [0.717, 1.165) is 12.0 Å². The fraction of sp³-hybridized carbons (Fsp3) is 0.685. The summed E-state index contributed by atoms with van der Waals surface area (Å²) in [4.78, 5) is 75.5. The summed E-state index contributed by atoms with van der Waals surface area (Å²) in [7, 11) is 2.95. The molecular weight excluding hydrogens is 897 g/mol. The number of rotatable bonds is 7. The van der Waals surface area contributed by atoms with Gasteiger partial charge in [0.2, 0.25) is 5.79 Å². The van der Waals surface area contributed by atoms with E-state index in [1.807, 2.05) is 64.1 Å². The summed E-state index contributed by atoms with van der Waals surface area (Å²) in [5.74, 6) is -7.78. The van der Waals surface area contributed by atoms with Gasteiger partial charge in [0.15, 0.2) is 5.78 Å². The normalized spacial score (nSPS) is 38.2. The van der Waals surface area contributed by atoms with Crippen molar-refractivity contribution in [3.05, 3.63) is 82.2 Å². The van der Waals surface area contributed by atoms with Crippen molar-refractivity contribution in [3.63, 3.8) is 0 Å². The number of azide groups is 1. The summed E-state index contributed by atoms with van der Waals surface area (Å²) in [5, 5.41) is 27.6. The molecule has 4 aliphatic rings. The van der Waals surface area contributed by atoms with Gasteiger partial charge in [-0.05, 0) is 125 Å². The minimum absolute atomic E-state index is 0.00282. The van der Waals surface area contributed by atoms with Crippen molar-refractivity contribution in [3.8, 4) is 0 Å². The van der Waals surface area contributed by atoms with Gasteiger partial charge in [-0.1, -0.05) is 81.8 Å². The Kier molecular flexibility index (Phi) is 21.0. The number of esters is 1. The summed E-state index contributed by atoms with van der Waals surface area (Å²) in [6.07, 6.45) is 13.8. The number of ketones is 3. The second kappa shape index (κ2) is 26.1. The molecule has 1 aromatic rings. The molecule has 16 heteroatoms. The number of piperidine rings is 1. The smallest absolute Gasteiger partial charge is 0.329 e. The Bertz CT molecular complexity index is 2130. The highest BCUT2D eigenvalue weighted by atomic mass is 16.6. The second-order valence-corrected chi connectivity index (χ2v) is 20.6. The standard InChI is InChI=1S/C54H78N4O12/c1-32-16-11-10-12-17-33(2)41(45-19-15-25-68-45)30-40-22-20-38(7)54(65,70-40)51(62)52(63)58-24-14-13-18-43(58)53(64)69-46(35(4)28-39-21-23-42(56-57-55)47(29-39)66-8)31-44(59)34(3)27-37(6)49(61)50(67-9)48(60)36(5)26-32/h10-12,15-17,19,25,27,32,34-36,38-43,46-47,49-50,61,65H,13-14,18,20-24,26,28-31H2,1-9H3/b12-10+,16-11+,33-17+,37-27+/t32-,34-,35-,36-,38-,39+,40+,41?,42+,43+,46+,47-,49-,50+,54-/m1/s1. The number of furan rings is 1. The van der Waals surface area contributed by atoms with Gasteiger partial charge in [-0.3, -0.25) is 19.2 Å². The van der Waals surface area contributed by atoms with Gasteiger partial charge in [-0.15, -0.1) is 0 Å². The van der Waals surface area contributed by atoms with Crippen molar-refractivity contribution in [2.24, 2.45) is 40.6 Å². The van der Waals surface area contributed by atoms with Crippen molar-refractivity contribution in [1.82, 2.24) is 4.90 Å². The first-order valence-corrected chi connectivity index (χ1v) is 25.4. The number of carbonyl (C=O) groups is 5. The lowest BCUT2D eigenvalue weighted by Crippen LogP contribution is -2.60. The minimum Gasteiger partial charge on any atom is -0.469 e. The topological polar surface area (TPSA) is 228 Å². The number of methoxy groups -OCH3 is 2. The van der Waals surface area contributed by atoms with E-state index in [0.29, 0.717) is 69.1 Å². The van der Waals surface area contributed by atoms with Crippen molar-refractivity contribution in [2.75, 3.05) is 20.8 Å². The molecule has 15 atom stereocenters. The number of carbonyl (C=O) groups excluding carboxylic acids is 5. The molecule has 4 heterocycles. The summed E-state index contributed by atoms with van der Waals surface area (Å²) in [6.45, 7) is 12.8. The molecule has 3 fully saturated rings. The highest BCUT2D eigenvalue weighted by Crippen LogP contribution is 2.40. The van der Waals surface area contributed by atoms with E-state index in [2.05, 4.69) is 10.0 Å². The van der Waals surface area contributed by atoms with Gasteiger partial charge in [0, 0.05) is 55.8 Å². The first-order valence-electron chi connectivity index (χ1n) is 25.4. The Morgan fingerprint density at radius 2 is 1.70 bits per heavy atom. The molecule has 0 radical (unpaired) electrons. The van der Waals surface area contributed by atoms with Gasteiger partial charge in [0.25, 0.3) is 11.7 Å². The SMILES string of the molecule is CO[C@@H]1C[C@H](C[C@@H](C)[C@@H]2CC(=O)[C@H](C)/C=C(\C)[C@@H](O)[C@@H](OC)C(=O)[C@H](C)C[C@H](C)/C=C/C=C/C=C(\C)C(c3ccco3)C[C@@H]3CC[C@@H](C)[C@@](O)(O3)C(=O)C(=O)N3CCCC[C@H]3C(=O)O2)CC[C@@H]1N=[N+]=[N-]. The molecule has 16 nitrogen and oxygen atoms in total. The molecule has 386 valence electrons. The third-order valence-corrected chi connectivity index (χ3v) is 15.3. The quantitative estimate of drug-likeness (QED) is 0.0652. The predicted octanol–water partition coefficient (Wildman–Crippen LogP) is 8.86. The van der Waals surface area contributed by atoms with E-state index in [1.165, 1.54) is 12.0 Å². The average Bonchev–Trinajstić information content (AvgIpc) is 3.88. The van der Waals surface area contributed by atoms with Crippen LogP contribution < -0.4 is 0 Å². The third-order valence-electron chi connectivity index (χ3n) is 15.3. The number of allylic oxidation sites excluding steroid dienone is 7. The van der Waals surface area contributed by atoms with E-state index in [4.69, 9.17) is 28.9 Å². The summed E-state index contributed by atoms with van der Waals surface area (Å²) >= 11 is 0. The van der Waals surface area contributed by atoms with Gasteiger partial charge >= 0.3 is 5.97 Å². The van der Waals surface area contributed by atoms with E-state index >= 15 is 0 Å². The maximum absolute atomic E-state index is 14.5. The van der Waals surface area contributed by atoms with Gasteiger partial charge in [-0.2, -0.15) is 0 Å². The molecule has 2 saturated heterocycles. The zero-order valence-electron chi connectivity index (χ0n) is 42.7. The number of Topliss-reactive ketones (excluding diaryl/α,β-unsaturated/α-hetero) is 3. The van der Waals surface area contributed by atoms with Gasteiger partial charge in [-0.25, -0.2) is 4.79 Å². The fourth-order valence-corrected chi connectivity index (χ4v) is 10.9. The molecule has 2 N–H and O–H groups in total. The molecule has 1 aromatic heterocycles. The number of cyclic esters (lactones) is 1. The zero-order chi connectivity index (χ0) is 51.3. The van der Waals surface area contributed by atoms with Crippen LogP contribution in [0.15, 0.2) is 75.5 Å². The molecule has 0 spiro atoms. The van der Waals surface area contributed by atoms with E-state index in [9.17, 15) is 34.2 Å². The van der Waals surface area contributed by atoms with Gasteiger partial charge < -0.3 is 38.5 Å². The first kappa shape index (κ1) is 56.2. The van der Waals surface area contributed by atoms with Crippen LogP contribution in [-0.2, 0) is 42.9 Å². The molecule has 1 aliphatic carbocycles. The van der Waals surface area contributed by atoms with Gasteiger partial charge in [0.05, 0.1) is 24.5 Å². The monoisotopic (exact) mass is 975 g/mol. The molecule has 1 saturated carbocycles. The number of amides is 1. The maximum atomic E-state index is 14.5. The summed E-state index contributed by atoms with van der Waals surface area (Å²) in [5.41, 5.74) is 10.4. The van der Waals surface area contributed by atoms with Crippen LogP contribution in [-0.4, -0.2) is 113 Å². The zero-order valence-corrected chi connectivity index (χ0v) is 42.7. The predicted molar refractivity (Wildman–Crippen MR) is 263 cm³/mol. The highest BCUT2D eigenvalue weighted by molar-refractivity contribution is 6.39. The summed E-state index contributed by atoms with van der Waals surface area (Å²) in [6, 6.07) is 2.18. The van der Waals surface area contributed by atoms with Crippen molar-refractivity contribution >= 4 is 29.2 Å². The van der Waals surface area contributed by atoms with E-state index in [1.54, 1.807) is 46.3 Å². The fourth-order valence-electron chi connectivity index (χ4n) is 10.9. The second-order valence-electron chi connectivity index (χ2n) is 20.6. The van der Waals surface area contributed by atoms with Crippen LogP contribution in [0.1, 0.15) is 137 Å². The van der Waals surface area contributed by atoms with Crippen LogP contribution in [0.5, 0.6) is 0 Å². The van der Waals surface area contributed by atoms with E-state index in [-0.39, 0.29) is 66.8 Å². The number of aliphatic hydroxyl groups is 2. The number of aliphatic hydroxyl groups excluding tert-OH is 1. The number of ether oxygens (including phenoxy) is 4. The third kappa shape index (κ3) is 14.3. The number of nitrogens with zero attached hydrogens (tertiary/aromatic N) is 4. The Labute approximate surface area is 413 Å². The lowest BCUT2D eigenvalue weighted by Gasteiger charge is -2.42. The number of fused-ring (bicyclic) bond motifs is 3. The van der Waals surface area contributed by atoms with Crippen LogP contribution in [0, 0.1) is 35.5 Å². The Morgan fingerprint density at radius 3 is 2.39 bits per heavy atom. The van der Waals surface area contributed by atoms with Crippen molar-refractivity contribution in [1.29, 1.82) is 0 Å². The van der Waals surface area contributed by atoms with Crippen LogP contribution in [0.2, 0.25) is 0 Å². The van der Waals surface area contributed by atoms with Crippen LogP contribution >= 0.6 is 0 Å². The molecule has 1 amide bonds. The lowest BCUT2D eigenvalue weighted by molar-refractivity contribution is -0.264. The molecule has 70 heavy (non-hydrogen) atoms. The minimum atomic E-state index is -2.46. The Balaban J connectivity index is 1.49. The maximum Gasteiger partial charge on any atom is 0.329 e. The van der Waals surface area contributed by atoms with Gasteiger partial charge in [0.1, 0.15) is 35.9 Å². The number of hydrogen-bond acceptors (Lipinski definition) is 13. The molecule has 0 aromatic carbocycles. The summed E-state index contributed by atoms with van der Waals surface area (Å²) < 4.78 is 29.8. The average molecular weight is 975 g/mol. The molecule has 5 rings (SSSR count). The highest BCUT2D eigenvalue weighted by Gasteiger charge is 2.53. The first-order chi connectivity index (χ1) is 33.3. The molecule has 2 bridgehead atoms. The van der Waals surface area contributed by atoms with Crippen LogP contribution in [0.4, 0.5) is 0 Å². The lowest BCUT2D eigenvalue weighted by atomic mass is 9.78. The Hall–Kier alpha value is -4.70. The molecule has 1 unspecified atom stereocenters. The molecular formula is C54H78N4O12. The largest absolute Gasteiger partial charge is 0.469 e. The molecule has 3 aliphatic heterocycles. The van der Waals surface area contributed by atoms with Crippen LogP contribution in [0.25, 0.3) is 10.4 Å². The number of hydrogen-bond donors (Lipinski definition) is 2.